The summed E-state index contributed by atoms with van der Waals surface area (Å²) in [5.74, 6) is 1.83. The first-order valence-corrected chi connectivity index (χ1v) is 5.68. The predicted octanol–water partition coefficient (Wildman–Crippen LogP) is 1.24. The van der Waals surface area contributed by atoms with E-state index in [0.29, 0.717) is 0 Å². The van der Waals surface area contributed by atoms with Crippen molar-refractivity contribution in [3.8, 4) is 0 Å². The lowest BCUT2D eigenvalue weighted by molar-refractivity contribution is -0.159. The van der Waals surface area contributed by atoms with Gasteiger partial charge in [-0.15, -0.1) is 0 Å². The summed E-state index contributed by atoms with van der Waals surface area (Å²) in [6, 6.07) is 0. The average Bonchev–Trinajstić information content (AvgIpc) is 2.04. The first-order valence-electron chi connectivity index (χ1n) is 4.52. The van der Waals surface area contributed by atoms with Crippen LogP contribution in [0.5, 0.6) is 0 Å². The summed E-state index contributed by atoms with van der Waals surface area (Å²) in [5, 5.41) is 3.16. The van der Waals surface area contributed by atoms with Crippen LogP contribution >= 0.6 is 11.8 Å². The van der Waals surface area contributed by atoms with Crippen molar-refractivity contribution in [1.82, 2.24) is 5.32 Å². The van der Waals surface area contributed by atoms with Crippen LogP contribution in [-0.4, -0.2) is 30.2 Å². The molecular weight excluding hydrogens is 186 g/mol. The minimum atomic E-state index is -0.399. The molecule has 0 spiro atoms. The first-order chi connectivity index (χ1) is 6.00. The predicted molar refractivity (Wildman–Crippen MR) is 54.7 cm³/mol. The highest BCUT2D eigenvalue weighted by Gasteiger charge is 2.26. The standard InChI is InChI=1S/C9H17NO2S/c1-9(2,3)8(11)12-7-6-13-5-4-10-7/h7,10H,4-6H2,1-3H3. The molecule has 1 rings (SSSR count). The van der Waals surface area contributed by atoms with E-state index in [2.05, 4.69) is 5.32 Å². The van der Waals surface area contributed by atoms with Gasteiger partial charge in [0.25, 0.3) is 0 Å². The van der Waals surface area contributed by atoms with Crippen molar-refractivity contribution in [1.29, 1.82) is 0 Å². The monoisotopic (exact) mass is 203 g/mol. The second-order valence-corrected chi connectivity index (χ2v) is 5.32. The van der Waals surface area contributed by atoms with Crippen LogP contribution in [0, 0.1) is 5.41 Å². The zero-order valence-corrected chi connectivity index (χ0v) is 9.24. The minimum Gasteiger partial charge on any atom is -0.445 e. The molecule has 1 unspecified atom stereocenters. The van der Waals surface area contributed by atoms with Gasteiger partial charge in [-0.1, -0.05) is 0 Å². The Hall–Kier alpha value is -0.220. The lowest BCUT2D eigenvalue weighted by atomic mass is 9.97. The highest BCUT2D eigenvalue weighted by molar-refractivity contribution is 7.99. The lowest BCUT2D eigenvalue weighted by Gasteiger charge is -2.26. The van der Waals surface area contributed by atoms with Gasteiger partial charge in [-0.2, -0.15) is 11.8 Å². The number of hydrogen-bond donors (Lipinski definition) is 1. The van der Waals surface area contributed by atoms with Gasteiger partial charge < -0.3 is 4.74 Å². The molecule has 1 saturated heterocycles. The molecule has 0 bridgehead atoms. The molecule has 0 amide bonds. The number of carbonyl (C=O) groups is 1. The molecule has 76 valence electrons. The van der Waals surface area contributed by atoms with Crippen LogP contribution < -0.4 is 5.32 Å². The number of esters is 1. The molecule has 0 aromatic carbocycles. The molecule has 0 aromatic rings. The van der Waals surface area contributed by atoms with Crippen LogP contribution in [-0.2, 0) is 9.53 Å². The van der Waals surface area contributed by atoms with E-state index in [-0.39, 0.29) is 12.2 Å². The van der Waals surface area contributed by atoms with E-state index in [0.717, 1.165) is 18.1 Å². The Labute approximate surface area is 83.6 Å². The third-order valence-electron chi connectivity index (χ3n) is 1.75. The molecule has 1 aliphatic heterocycles. The van der Waals surface area contributed by atoms with Gasteiger partial charge in [0.2, 0.25) is 0 Å². The molecule has 1 heterocycles. The smallest absolute Gasteiger partial charge is 0.312 e. The molecule has 0 saturated carbocycles. The molecule has 13 heavy (non-hydrogen) atoms. The summed E-state index contributed by atoms with van der Waals surface area (Å²) in [4.78, 5) is 11.5. The molecule has 4 heteroatoms. The van der Waals surface area contributed by atoms with Crippen LogP contribution in [0.4, 0.5) is 0 Å². The Kier molecular flexibility index (Phi) is 3.62. The van der Waals surface area contributed by atoms with Crippen LogP contribution in [0.15, 0.2) is 0 Å². The fourth-order valence-corrected chi connectivity index (χ4v) is 1.75. The quantitative estimate of drug-likeness (QED) is 0.651. The molecule has 0 aliphatic carbocycles. The second kappa shape index (κ2) is 4.33. The van der Waals surface area contributed by atoms with Gasteiger partial charge >= 0.3 is 5.97 Å². The number of thioether (sulfide) groups is 1. The van der Waals surface area contributed by atoms with Gasteiger partial charge in [-0.05, 0) is 20.8 Å². The number of nitrogens with one attached hydrogen (secondary N) is 1. The largest absolute Gasteiger partial charge is 0.445 e. The summed E-state index contributed by atoms with van der Waals surface area (Å²) < 4.78 is 5.28. The number of ether oxygens (including phenoxy) is 1. The maximum atomic E-state index is 11.5. The van der Waals surface area contributed by atoms with Crippen molar-refractivity contribution in [3.05, 3.63) is 0 Å². The van der Waals surface area contributed by atoms with Crippen molar-refractivity contribution < 1.29 is 9.53 Å². The molecule has 1 fully saturated rings. The molecule has 1 atom stereocenters. The summed E-state index contributed by atoms with van der Waals surface area (Å²) in [7, 11) is 0. The lowest BCUT2D eigenvalue weighted by Crippen LogP contribution is -2.42. The van der Waals surface area contributed by atoms with Gasteiger partial charge in [-0.3, -0.25) is 10.1 Å². The molecule has 1 aliphatic rings. The Balaban J connectivity index is 2.35. The van der Waals surface area contributed by atoms with Crippen LogP contribution in [0.25, 0.3) is 0 Å². The average molecular weight is 203 g/mol. The zero-order chi connectivity index (χ0) is 9.90. The second-order valence-electron chi connectivity index (χ2n) is 4.17. The maximum absolute atomic E-state index is 11.5. The van der Waals surface area contributed by atoms with E-state index < -0.39 is 5.41 Å². The SMILES string of the molecule is CC(C)(C)C(=O)OC1CSCCN1. The number of rotatable bonds is 1. The topological polar surface area (TPSA) is 38.3 Å². The van der Waals surface area contributed by atoms with Crippen molar-refractivity contribution >= 4 is 17.7 Å². The van der Waals surface area contributed by atoms with Crippen molar-refractivity contribution in [3.63, 3.8) is 0 Å². The minimum absolute atomic E-state index is 0.0922. The van der Waals surface area contributed by atoms with Gasteiger partial charge in [0.15, 0.2) is 6.23 Å². The summed E-state index contributed by atoms with van der Waals surface area (Å²) in [6.45, 7) is 6.52. The third-order valence-corrected chi connectivity index (χ3v) is 2.78. The van der Waals surface area contributed by atoms with Crippen molar-refractivity contribution in [2.24, 2.45) is 5.41 Å². The molecule has 3 nitrogen and oxygen atoms in total. The normalized spacial score (nSPS) is 24.1. The Morgan fingerprint density at radius 2 is 2.23 bits per heavy atom. The number of hydrogen-bond acceptors (Lipinski definition) is 4. The summed E-state index contributed by atoms with van der Waals surface area (Å²) in [6.07, 6.45) is -0.0922. The van der Waals surface area contributed by atoms with E-state index in [1.807, 2.05) is 32.5 Å². The fourth-order valence-electron chi connectivity index (χ4n) is 0.923. The summed E-state index contributed by atoms with van der Waals surface area (Å²) in [5.41, 5.74) is -0.399. The van der Waals surface area contributed by atoms with Gasteiger partial charge in [0, 0.05) is 18.1 Å². The highest BCUT2D eigenvalue weighted by atomic mass is 32.2. The van der Waals surface area contributed by atoms with E-state index in [4.69, 9.17) is 4.74 Å². The maximum Gasteiger partial charge on any atom is 0.312 e. The van der Waals surface area contributed by atoms with E-state index in [1.54, 1.807) is 0 Å². The highest BCUT2D eigenvalue weighted by Crippen LogP contribution is 2.18. The molecule has 0 radical (unpaired) electrons. The Bertz CT molecular complexity index is 183. The fraction of sp³-hybridized carbons (Fsp3) is 0.889. The van der Waals surface area contributed by atoms with E-state index >= 15 is 0 Å². The van der Waals surface area contributed by atoms with Crippen LogP contribution in [0.1, 0.15) is 20.8 Å². The first kappa shape index (κ1) is 10.9. The zero-order valence-electron chi connectivity index (χ0n) is 8.42. The molecular formula is C9H17NO2S. The van der Waals surface area contributed by atoms with E-state index in [9.17, 15) is 4.79 Å². The van der Waals surface area contributed by atoms with Crippen LogP contribution in [0.3, 0.4) is 0 Å². The van der Waals surface area contributed by atoms with Gasteiger partial charge in [-0.25, -0.2) is 0 Å². The van der Waals surface area contributed by atoms with Gasteiger partial charge in [0.1, 0.15) is 0 Å². The summed E-state index contributed by atoms with van der Waals surface area (Å²) >= 11 is 1.82. The van der Waals surface area contributed by atoms with Crippen molar-refractivity contribution in [2.75, 3.05) is 18.1 Å². The third kappa shape index (κ3) is 3.56. The molecule has 0 aromatic heterocycles. The van der Waals surface area contributed by atoms with Gasteiger partial charge in [0.05, 0.1) is 5.41 Å². The number of carbonyl (C=O) groups excluding carboxylic acids is 1. The Morgan fingerprint density at radius 3 is 2.69 bits per heavy atom. The molecule has 1 N–H and O–H groups in total. The Morgan fingerprint density at radius 1 is 1.54 bits per heavy atom. The van der Waals surface area contributed by atoms with Crippen LogP contribution in [0.2, 0.25) is 0 Å². The van der Waals surface area contributed by atoms with E-state index in [1.165, 1.54) is 0 Å². The van der Waals surface area contributed by atoms with Crippen molar-refractivity contribution in [2.45, 2.75) is 27.0 Å².